The molecule has 6 heteroatoms. The molecule has 0 aliphatic carbocycles. The molecule has 0 bridgehead atoms. The summed E-state index contributed by atoms with van der Waals surface area (Å²) in [6, 6.07) is 0. The van der Waals surface area contributed by atoms with Crippen LogP contribution in [-0.2, 0) is 28.6 Å². The minimum Gasteiger partial charge on any atom is -0.462 e. The summed E-state index contributed by atoms with van der Waals surface area (Å²) < 4.78 is 17.0. The van der Waals surface area contributed by atoms with E-state index in [1.165, 1.54) is 244 Å². The van der Waals surface area contributed by atoms with E-state index >= 15 is 0 Å². The van der Waals surface area contributed by atoms with Gasteiger partial charge in [-0.2, -0.15) is 0 Å². The molecule has 0 radical (unpaired) electrons. The topological polar surface area (TPSA) is 78.9 Å². The van der Waals surface area contributed by atoms with Crippen LogP contribution in [0.3, 0.4) is 0 Å². The quantitative estimate of drug-likeness (QED) is 0.0261. The van der Waals surface area contributed by atoms with Gasteiger partial charge in [-0.15, -0.1) is 0 Å². The third-order valence-electron chi connectivity index (χ3n) is 16.2. The molecule has 0 aromatic rings. The maximum atomic E-state index is 12.9. The molecule has 0 N–H and O–H groups in total. The molecule has 0 rings (SSSR count). The van der Waals surface area contributed by atoms with Crippen LogP contribution in [0.25, 0.3) is 0 Å². The molecule has 1 atom stereocenters. The van der Waals surface area contributed by atoms with Crippen LogP contribution in [0.4, 0.5) is 0 Å². The van der Waals surface area contributed by atoms with Gasteiger partial charge in [0.15, 0.2) is 6.10 Å². The second-order valence-corrected chi connectivity index (χ2v) is 24.5. The Morgan fingerprint density at radius 3 is 0.783 bits per heavy atom. The predicted molar refractivity (Wildman–Crippen MR) is 362 cm³/mol. The van der Waals surface area contributed by atoms with Crippen molar-refractivity contribution >= 4 is 17.9 Å². The van der Waals surface area contributed by atoms with E-state index in [1.54, 1.807) is 0 Å². The highest BCUT2D eigenvalue weighted by Crippen LogP contribution is 2.18. The van der Waals surface area contributed by atoms with E-state index in [0.29, 0.717) is 19.3 Å². The van der Waals surface area contributed by atoms with E-state index in [1.807, 2.05) is 0 Å². The molecule has 0 aromatic carbocycles. The summed E-state index contributed by atoms with van der Waals surface area (Å²) in [6.07, 6.45) is 93.8. The molecule has 0 amide bonds. The lowest BCUT2D eigenvalue weighted by molar-refractivity contribution is -0.167. The molecule has 83 heavy (non-hydrogen) atoms. The fourth-order valence-corrected chi connectivity index (χ4v) is 10.7. The number of carbonyl (C=O) groups is 3. The minimum absolute atomic E-state index is 0.0712. The third-order valence-corrected chi connectivity index (χ3v) is 16.2. The van der Waals surface area contributed by atoms with Crippen molar-refractivity contribution in [2.75, 3.05) is 13.2 Å². The molecule has 6 nitrogen and oxygen atoms in total. The first-order valence-electron chi connectivity index (χ1n) is 36.4. The zero-order chi connectivity index (χ0) is 59.9. The van der Waals surface area contributed by atoms with Gasteiger partial charge >= 0.3 is 17.9 Å². The van der Waals surface area contributed by atoms with Crippen LogP contribution in [0.5, 0.6) is 0 Å². The summed E-state index contributed by atoms with van der Waals surface area (Å²) >= 11 is 0. The summed E-state index contributed by atoms with van der Waals surface area (Å²) in [5.74, 6) is -0.856. The molecule has 0 fully saturated rings. The van der Waals surface area contributed by atoms with Crippen molar-refractivity contribution in [1.29, 1.82) is 0 Å². The normalized spacial score (nSPS) is 12.5. The number of esters is 3. The lowest BCUT2D eigenvalue weighted by Crippen LogP contribution is -2.30. The second-order valence-electron chi connectivity index (χ2n) is 24.5. The monoisotopic (exact) mass is 1160 g/mol. The number of allylic oxidation sites excluding steroid dienone is 12. The Kier molecular flexibility index (Phi) is 68.6. The van der Waals surface area contributed by atoms with Crippen LogP contribution < -0.4 is 0 Å². The molecule has 0 aliphatic rings. The number of ether oxygens (including phenoxy) is 3. The minimum atomic E-state index is -0.774. The van der Waals surface area contributed by atoms with Crippen molar-refractivity contribution in [1.82, 2.24) is 0 Å². The van der Waals surface area contributed by atoms with Crippen LogP contribution in [0, 0.1) is 0 Å². The Bertz CT molecular complexity index is 1520. The molecule has 1 unspecified atom stereocenters. The number of carbonyl (C=O) groups excluding carboxylic acids is 3. The highest BCUT2D eigenvalue weighted by molar-refractivity contribution is 5.71. The van der Waals surface area contributed by atoms with E-state index in [4.69, 9.17) is 14.2 Å². The van der Waals surface area contributed by atoms with E-state index in [2.05, 4.69) is 93.7 Å². The summed E-state index contributed by atoms with van der Waals surface area (Å²) in [4.78, 5) is 38.4. The van der Waals surface area contributed by atoms with Gasteiger partial charge in [-0.25, -0.2) is 0 Å². The van der Waals surface area contributed by atoms with E-state index in [9.17, 15) is 14.4 Å². The third kappa shape index (κ3) is 69.5. The van der Waals surface area contributed by atoms with Crippen LogP contribution in [-0.4, -0.2) is 37.2 Å². The van der Waals surface area contributed by atoms with Gasteiger partial charge < -0.3 is 14.2 Å². The van der Waals surface area contributed by atoms with Crippen molar-refractivity contribution in [2.45, 2.75) is 386 Å². The maximum Gasteiger partial charge on any atom is 0.306 e. The lowest BCUT2D eigenvalue weighted by atomic mass is 10.0. The summed E-state index contributed by atoms with van der Waals surface area (Å²) in [5.41, 5.74) is 0. The lowest BCUT2D eigenvalue weighted by Gasteiger charge is -2.18. The zero-order valence-corrected chi connectivity index (χ0v) is 55.5. The molecule has 0 spiro atoms. The van der Waals surface area contributed by atoms with Crippen molar-refractivity contribution in [3.8, 4) is 0 Å². The van der Waals surface area contributed by atoms with Crippen molar-refractivity contribution < 1.29 is 28.6 Å². The fraction of sp³-hybridized carbons (Fsp3) is 0.805. The van der Waals surface area contributed by atoms with Gasteiger partial charge in [-0.3, -0.25) is 14.4 Å². The van der Waals surface area contributed by atoms with Crippen LogP contribution in [0.15, 0.2) is 72.9 Å². The predicted octanol–water partition coefficient (Wildman–Crippen LogP) is 25.2. The number of rotatable bonds is 67. The van der Waals surface area contributed by atoms with Gasteiger partial charge in [0.1, 0.15) is 13.2 Å². The van der Waals surface area contributed by atoms with Gasteiger partial charge in [0, 0.05) is 19.3 Å². The molecule has 0 aromatic heterocycles. The summed E-state index contributed by atoms with van der Waals surface area (Å²) in [6.45, 7) is 6.54. The summed E-state index contributed by atoms with van der Waals surface area (Å²) in [7, 11) is 0. The smallest absolute Gasteiger partial charge is 0.306 e. The van der Waals surface area contributed by atoms with E-state index in [0.717, 1.165) is 96.3 Å². The first-order chi connectivity index (χ1) is 41.0. The molecular weight excluding hydrogens is 1020 g/mol. The maximum absolute atomic E-state index is 12.9. The molecule has 482 valence electrons. The number of hydrogen-bond acceptors (Lipinski definition) is 6. The Morgan fingerprint density at radius 2 is 0.482 bits per heavy atom. The molecular formula is C77H138O6. The first-order valence-corrected chi connectivity index (χ1v) is 36.4. The van der Waals surface area contributed by atoms with Gasteiger partial charge in [0.25, 0.3) is 0 Å². The highest BCUT2D eigenvalue weighted by Gasteiger charge is 2.19. The van der Waals surface area contributed by atoms with Crippen molar-refractivity contribution in [3.05, 3.63) is 72.9 Å². The van der Waals surface area contributed by atoms with Crippen molar-refractivity contribution in [2.24, 2.45) is 0 Å². The van der Waals surface area contributed by atoms with E-state index in [-0.39, 0.29) is 31.1 Å². The van der Waals surface area contributed by atoms with Crippen LogP contribution >= 0.6 is 0 Å². The number of hydrogen-bond donors (Lipinski definition) is 0. The SMILES string of the molecule is CC/C=C\C/C=C\C/C=C\C/C=C\C/C=C\CCCCCCCCCCCCCCCCCCCCCC(=O)OCC(COC(=O)CCCCCCC/C=C\CCCC)OC(=O)CCCCCCCCCCCCCCCCCCCCC. The Labute approximate surface area is 516 Å². The van der Waals surface area contributed by atoms with E-state index < -0.39 is 6.10 Å². The first kappa shape index (κ1) is 79.8. The molecule has 0 heterocycles. The Hall–Kier alpha value is -3.15. The molecule has 0 aliphatic heterocycles. The van der Waals surface area contributed by atoms with Crippen LogP contribution in [0.2, 0.25) is 0 Å². The van der Waals surface area contributed by atoms with Gasteiger partial charge in [-0.05, 0) is 83.5 Å². The standard InChI is InChI=1S/C77H138O6/c1-4-7-10-13-16-19-22-24-26-28-30-31-32-33-34-35-36-37-38-39-40-41-42-43-44-45-47-48-50-52-55-58-61-64-67-70-76(79)82-73-74(72-81-75(78)69-66-63-60-57-54-21-18-15-12-9-6-3)83-77(80)71-68-65-62-59-56-53-51-49-46-29-27-25-23-20-17-14-11-8-5-2/h7,10,15-16,18-19,24,26,30-31,33-34,74H,4-6,8-9,11-14,17,20-23,25,27-29,32,35-73H2,1-3H3/b10-7-,18-15-,19-16-,26-24-,31-30-,34-33-. The average Bonchev–Trinajstić information content (AvgIpc) is 3.48. The largest absolute Gasteiger partial charge is 0.462 e. The fourth-order valence-electron chi connectivity index (χ4n) is 10.7. The highest BCUT2D eigenvalue weighted by atomic mass is 16.6. The summed E-state index contributed by atoms with van der Waals surface area (Å²) in [5, 5.41) is 0. The van der Waals surface area contributed by atoms with Gasteiger partial charge in [-0.1, -0.05) is 351 Å². The number of unbranched alkanes of at least 4 members (excludes halogenated alkanes) is 44. The second kappa shape index (κ2) is 71.3. The van der Waals surface area contributed by atoms with Gasteiger partial charge in [0.2, 0.25) is 0 Å². The van der Waals surface area contributed by atoms with Crippen molar-refractivity contribution in [3.63, 3.8) is 0 Å². The average molecular weight is 1160 g/mol. The zero-order valence-electron chi connectivity index (χ0n) is 55.5. The van der Waals surface area contributed by atoms with Gasteiger partial charge in [0.05, 0.1) is 0 Å². The Morgan fingerprint density at radius 1 is 0.253 bits per heavy atom. The molecule has 0 saturated heterocycles. The Balaban J connectivity index is 4.08. The molecule has 0 saturated carbocycles. The van der Waals surface area contributed by atoms with Crippen LogP contribution in [0.1, 0.15) is 380 Å².